The lowest BCUT2D eigenvalue weighted by atomic mass is 10.2. The maximum atomic E-state index is 13.9. The van der Waals surface area contributed by atoms with Gasteiger partial charge in [-0.25, -0.2) is 9.99 Å². The molecule has 0 saturated carbocycles. The fraction of sp³-hybridized carbons (Fsp3) is 0.148. The number of anilines is 2. The summed E-state index contributed by atoms with van der Waals surface area (Å²) in [7, 11) is 0. The number of carboxylic acids is 1. The van der Waals surface area contributed by atoms with Crippen LogP contribution in [0.15, 0.2) is 96.3 Å². The lowest BCUT2D eigenvalue weighted by molar-refractivity contribution is -0.137. The number of benzene rings is 3. The van der Waals surface area contributed by atoms with Crippen molar-refractivity contribution in [1.29, 1.82) is 0 Å². The third kappa shape index (κ3) is 4.88. The molecule has 35 heavy (non-hydrogen) atoms. The monoisotopic (exact) mass is 484 g/mol. The Balaban J connectivity index is 1.56. The van der Waals surface area contributed by atoms with Crippen LogP contribution in [0.25, 0.3) is 10.2 Å². The topological polar surface area (TPSA) is 77.0 Å². The normalized spacial score (nSPS) is 13.2. The molecule has 0 saturated heterocycles. The number of carbonyl (C=O) groups excluding carboxylic acids is 1. The van der Waals surface area contributed by atoms with Gasteiger partial charge in [-0.05, 0) is 55.3 Å². The Hall–Kier alpha value is -4.17. The fourth-order valence-corrected chi connectivity index (χ4v) is 4.86. The largest absolute Gasteiger partial charge is 0.481 e. The first-order valence-corrected chi connectivity index (χ1v) is 12.2. The summed E-state index contributed by atoms with van der Waals surface area (Å²) in [6, 6.07) is 24.9. The molecule has 0 radical (unpaired) electrons. The lowest BCUT2D eigenvalue weighted by Gasteiger charge is -2.35. The van der Waals surface area contributed by atoms with Crippen LogP contribution in [0.2, 0.25) is 0 Å². The standard InChI is InChI=1S/C27H24N4O3S/c32-26(33)13-7-12-23-17-29(21-10-5-2-6-11-21)19-30(23)31(27(34)20-8-3-1-4-9-20)22-14-15-24-25(16-22)35-18-28-24/h1-6,8-11,14-18H,7,12-13,19H2,(H,32,33). The van der Waals surface area contributed by atoms with Crippen molar-refractivity contribution in [3.8, 4) is 0 Å². The van der Waals surface area contributed by atoms with E-state index in [4.69, 9.17) is 0 Å². The smallest absolute Gasteiger partial charge is 0.303 e. The van der Waals surface area contributed by atoms with E-state index in [2.05, 4.69) is 9.88 Å². The summed E-state index contributed by atoms with van der Waals surface area (Å²) >= 11 is 1.53. The Kier molecular flexibility index (Phi) is 6.45. The average Bonchev–Trinajstić information content (AvgIpc) is 3.52. The van der Waals surface area contributed by atoms with Gasteiger partial charge < -0.3 is 10.0 Å². The van der Waals surface area contributed by atoms with Crippen molar-refractivity contribution in [3.63, 3.8) is 0 Å². The van der Waals surface area contributed by atoms with Crippen molar-refractivity contribution >= 4 is 44.8 Å². The zero-order chi connectivity index (χ0) is 24.2. The van der Waals surface area contributed by atoms with Crippen LogP contribution in [-0.4, -0.2) is 33.6 Å². The van der Waals surface area contributed by atoms with Crippen molar-refractivity contribution in [2.45, 2.75) is 19.3 Å². The molecule has 8 heteroatoms. The van der Waals surface area contributed by atoms with Gasteiger partial charge in [-0.3, -0.25) is 14.6 Å². The van der Waals surface area contributed by atoms with Gasteiger partial charge >= 0.3 is 5.97 Å². The van der Waals surface area contributed by atoms with Crippen LogP contribution in [-0.2, 0) is 4.79 Å². The predicted molar refractivity (Wildman–Crippen MR) is 138 cm³/mol. The average molecular weight is 485 g/mol. The van der Waals surface area contributed by atoms with E-state index in [9.17, 15) is 14.7 Å². The van der Waals surface area contributed by atoms with Crippen molar-refractivity contribution in [1.82, 2.24) is 9.99 Å². The quantitative estimate of drug-likeness (QED) is 0.344. The molecular weight excluding hydrogens is 460 g/mol. The third-order valence-electron chi connectivity index (χ3n) is 5.85. The summed E-state index contributed by atoms with van der Waals surface area (Å²) in [6.45, 7) is 0.422. The molecule has 1 N–H and O–H groups in total. The van der Waals surface area contributed by atoms with Crippen LogP contribution in [0.5, 0.6) is 0 Å². The fourth-order valence-electron chi connectivity index (χ4n) is 4.15. The molecule has 0 unspecified atom stereocenters. The van der Waals surface area contributed by atoms with Gasteiger partial charge in [0.1, 0.15) is 6.67 Å². The number of fused-ring (bicyclic) bond motifs is 1. The molecule has 3 aromatic carbocycles. The zero-order valence-electron chi connectivity index (χ0n) is 18.9. The third-order valence-corrected chi connectivity index (χ3v) is 6.64. The predicted octanol–water partition coefficient (Wildman–Crippen LogP) is 5.73. The van der Waals surface area contributed by atoms with E-state index in [-0.39, 0.29) is 12.3 Å². The number of allylic oxidation sites excluding steroid dienone is 1. The number of thiazole rings is 1. The lowest BCUT2D eigenvalue weighted by Crippen LogP contribution is -2.47. The Morgan fingerprint density at radius 1 is 1.00 bits per heavy atom. The maximum Gasteiger partial charge on any atom is 0.303 e. The Morgan fingerprint density at radius 2 is 1.74 bits per heavy atom. The molecule has 0 aliphatic carbocycles. The summed E-state index contributed by atoms with van der Waals surface area (Å²) in [6.07, 6.45) is 3.07. The van der Waals surface area contributed by atoms with Crippen molar-refractivity contribution in [3.05, 3.63) is 102 Å². The molecule has 0 fully saturated rings. The minimum Gasteiger partial charge on any atom is -0.481 e. The van der Waals surface area contributed by atoms with E-state index in [1.165, 1.54) is 11.3 Å². The molecule has 1 amide bonds. The first kappa shape index (κ1) is 22.6. The second-order valence-corrected chi connectivity index (χ2v) is 9.09. The van der Waals surface area contributed by atoms with E-state index in [1.54, 1.807) is 22.7 Å². The second-order valence-electron chi connectivity index (χ2n) is 8.20. The molecule has 0 bridgehead atoms. The number of carbonyl (C=O) groups is 2. The summed E-state index contributed by atoms with van der Waals surface area (Å²) in [4.78, 5) is 31.5. The van der Waals surface area contributed by atoms with Crippen molar-refractivity contribution in [2.24, 2.45) is 0 Å². The van der Waals surface area contributed by atoms with Crippen LogP contribution in [0.3, 0.4) is 0 Å². The number of carboxylic acid groups (broad SMARTS) is 1. The van der Waals surface area contributed by atoms with Crippen LogP contribution in [0.1, 0.15) is 29.6 Å². The second kappa shape index (κ2) is 9.99. The summed E-state index contributed by atoms with van der Waals surface area (Å²) in [5.41, 5.74) is 5.85. The number of hydrazine groups is 1. The minimum absolute atomic E-state index is 0.0654. The molecule has 0 atom stereocenters. The van der Waals surface area contributed by atoms with Crippen molar-refractivity contribution < 1.29 is 14.7 Å². The molecule has 1 aromatic heterocycles. The van der Waals surface area contributed by atoms with Crippen LogP contribution < -0.4 is 9.91 Å². The van der Waals surface area contributed by atoms with E-state index in [1.807, 2.05) is 77.9 Å². The molecule has 0 spiro atoms. The first-order chi connectivity index (χ1) is 17.1. The van der Waals surface area contributed by atoms with Gasteiger partial charge in [-0.15, -0.1) is 11.3 Å². The Labute approximate surface area is 207 Å². The molecular formula is C27H24N4O3S. The number of hydrogen-bond acceptors (Lipinski definition) is 6. The van der Waals surface area contributed by atoms with Gasteiger partial charge in [0.25, 0.3) is 5.91 Å². The number of aromatic nitrogens is 1. The highest BCUT2D eigenvalue weighted by Gasteiger charge is 2.32. The van der Waals surface area contributed by atoms with E-state index < -0.39 is 5.97 Å². The maximum absolute atomic E-state index is 13.9. The van der Waals surface area contributed by atoms with E-state index in [0.717, 1.165) is 27.3 Å². The Morgan fingerprint density at radius 3 is 2.49 bits per heavy atom. The molecule has 5 rings (SSSR count). The zero-order valence-corrected chi connectivity index (χ0v) is 19.8. The highest BCUT2D eigenvalue weighted by Crippen LogP contribution is 2.33. The summed E-state index contributed by atoms with van der Waals surface area (Å²) < 4.78 is 0.990. The number of rotatable bonds is 8. The van der Waals surface area contributed by atoms with E-state index >= 15 is 0 Å². The van der Waals surface area contributed by atoms with Gasteiger partial charge in [-0.2, -0.15) is 0 Å². The Bertz CT molecular complexity index is 1370. The number of amides is 1. The minimum atomic E-state index is -0.831. The number of para-hydroxylation sites is 1. The van der Waals surface area contributed by atoms with Gasteiger partial charge in [0.15, 0.2) is 0 Å². The van der Waals surface area contributed by atoms with Crippen LogP contribution in [0, 0.1) is 0 Å². The molecule has 4 aromatic rings. The van der Waals surface area contributed by atoms with Gasteiger partial charge in [-0.1, -0.05) is 36.4 Å². The van der Waals surface area contributed by atoms with Crippen LogP contribution in [0.4, 0.5) is 11.4 Å². The van der Waals surface area contributed by atoms with Gasteiger partial charge in [0.05, 0.1) is 27.1 Å². The number of aliphatic carboxylic acids is 1. The number of nitrogens with zero attached hydrogens (tertiary/aromatic N) is 4. The van der Waals surface area contributed by atoms with E-state index in [0.29, 0.717) is 25.1 Å². The van der Waals surface area contributed by atoms with Crippen molar-refractivity contribution in [2.75, 3.05) is 16.6 Å². The van der Waals surface area contributed by atoms with Gasteiger partial charge in [0.2, 0.25) is 0 Å². The van der Waals surface area contributed by atoms with Crippen LogP contribution >= 0.6 is 11.3 Å². The highest BCUT2D eigenvalue weighted by atomic mass is 32.1. The number of hydrogen-bond donors (Lipinski definition) is 1. The molecule has 176 valence electrons. The molecule has 2 heterocycles. The summed E-state index contributed by atoms with van der Waals surface area (Å²) in [5.74, 6) is -0.989. The highest BCUT2D eigenvalue weighted by molar-refractivity contribution is 7.16. The van der Waals surface area contributed by atoms with Gasteiger partial charge in [0, 0.05) is 23.9 Å². The first-order valence-electron chi connectivity index (χ1n) is 11.3. The molecule has 7 nitrogen and oxygen atoms in total. The molecule has 1 aliphatic rings. The SMILES string of the molecule is O=C(O)CCCC1=CN(c2ccccc2)CN1N(C(=O)c1ccccc1)c1ccc2ncsc2c1. The molecule has 1 aliphatic heterocycles. The summed E-state index contributed by atoms with van der Waals surface area (Å²) in [5, 5.41) is 12.8.